The first-order valence-electron chi connectivity index (χ1n) is 6.23. The van der Waals surface area contributed by atoms with E-state index in [4.69, 9.17) is 16.3 Å². The number of ether oxygens (including phenoxy) is 2. The Morgan fingerprint density at radius 1 is 1.13 bits per heavy atom. The highest BCUT2D eigenvalue weighted by Gasteiger charge is 2.19. The fourth-order valence-corrected chi connectivity index (χ4v) is 3.25. The van der Waals surface area contributed by atoms with Gasteiger partial charge in [-0.1, -0.05) is 23.7 Å². The number of rotatable bonds is 6. The third kappa shape index (κ3) is 4.23. The lowest BCUT2D eigenvalue weighted by molar-refractivity contribution is -0.0497. The van der Waals surface area contributed by atoms with Gasteiger partial charge in [-0.3, -0.25) is 4.72 Å². The molecule has 2 aromatic rings. The number of sulfonamides is 1. The number of benzene rings is 2. The van der Waals surface area contributed by atoms with Gasteiger partial charge in [0.05, 0.1) is 17.8 Å². The van der Waals surface area contributed by atoms with E-state index in [0.717, 1.165) is 6.07 Å². The van der Waals surface area contributed by atoms with E-state index in [-0.39, 0.29) is 27.1 Å². The zero-order valence-electron chi connectivity index (χ0n) is 11.8. The zero-order chi connectivity index (χ0) is 17.0. The molecule has 2 rings (SSSR count). The number of para-hydroxylation sites is 1. The Kier molecular flexibility index (Phi) is 5.27. The van der Waals surface area contributed by atoms with Crippen LogP contribution in [0.15, 0.2) is 47.4 Å². The highest BCUT2D eigenvalue weighted by atomic mass is 35.5. The number of hydrogen-bond donors (Lipinski definition) is 1. The maximum atomic E-state index is 12.4. The van der Waals surface area contributed by atoms with Crippen LogP contribution in [0.4, 0.5) is 14.5 Å². The van der Waals surface area contributed by atoms with E-state index >= 15 is 0 Å². The van der Waals surface area contributed by atoms with Gasteiger partial charge in [-0.25, -0.2) is 8.42 Å². The van der Waals surface area contributed by atoms with Gasteiger partial charge in [0.25, 0.3) is 10.0 Å². The Morgan fingerprint density at radius 2 is 1.83 bits per heavy atom. The fourth-order valence-electron chi connectivity index (χ4n) is 1.81. The molecule has 2 aromatic carbocycles. The third-order valence-corrected chi connectivity index (χ3v) is 4.47. The van der Waals surface area contributed by atoms with Gasteiger partial charge in [0, 0.05) is 0 Å². The predicted octanol–water partition coefficient (Wildman–Crippen LogP) is 3.75. The molecular formula is C14H12ClF2NO4S. The van der Waals surface area contributed by atoms with E-state index in [9.17, 15) is 17.2 Å². The summed E-state index contributed by atoms with van der Waals surface area (Å²) in [5.74, 6) is -0.0781. The van der Waals surface area contributed by atoms with Gasteiger partial charge < -0.3 is 9.47 Å². The lowest BCUT2D eigenvalue weighted by Crippen LogP contribution is -2.14. The van der Waals surface area contributed by atoms with Gasteiger partial charge >= 0.3 is 6.61 Å². The summed E-state index contributed by atoms with van der Waals surface area (Å²) >= 11 is 5.79. The van der Waals surface area contributed by atoms with E-state index in [1.54, 1.807) is 12.1 Å². The molecule has 0 radical (unpaired) electrons. The molecule has 0 aromatic heterocycles. The van der Waals surface area contributed by atoms with Crippen LogP contribution in [0, 0.1) is 0 Å². The topological polar surface area (TPSA) is 64.6 Å². The standard InChI is InChI=1S/C14H12ClF2NO4S/c1-21-12-4-2-3-5-13(12)23(19,20)18-9-6-7-11(10(15)8-9)22-14(16)17/h2-8,14,18H,1H3. The van der Waals surface area contributed by atoms with E-state index in [0.29, 0.717) is 0 Å². The molecule has 124 valence electrons. The summed E-state index contributed by atoms with van der Waals surface area (Å²) < 4.78 is 60.6. The van der Waals surface area contributed by atoms with Gasteiger partial charge in [-0.05, 0) is 30.3 Å². The van der Waals surface area contributed by atoms with Gasteiger partial charge in [-0.2, -0.15) is 8.78 Å². The van der Waals surface area contributed by atoms with E-state index in [2.05, 4.69) is 9.46 Å². The van der Waals surface area contributed by atoms with Crippen LogP contribution in [0.5, 0.6) is 11.5 Å². The normalized spacial score (nSPS) is 11.3. The van der Waals surface area contributed by atoms with Crippen molar-refractivity contribution in [1.82, 2.24) is 0 Å². The predicted molar refractivity (Wildman–Crippen MR) is 81.9 cm³/mol. The van der Waals surface area contributed by atoms with Crippen molar-refractivity contribution in [3.8, 4) is 11.5 Å². The number of anilines is 1. The van der Waals surface area contributed by atoms with Crippen LogP contribution < -0.4 is 14.2 Å². The van der Waals surface area contributed by atoms with Gasteiger partial charge in [-0.15, -0.1) is 0 Å². The van der Waals surface area contributed by atoms with Crippen LogP contribution in [0.1, 0.15) is 0 Å². The lowest BCUT2D eigenvalue weighted by Gasteiger charge is -2.12. The number of alkyl halides is 2. The van der Waals surface area contributed by atoms with Crippen molar-refractivity contribution in [2.24, 2.45) is 0 Å². The second-order valence-electron chi connectivity index (χ2n) is 4.28. The summed E-state index contributed by atoms with van der Waals surface area (Å²) in [4.78, 5) is -0.0634. The Labute approximate surface area is 136 Å². The zero-order valence-corrected chi connectivity index (χ0v) is 13.4. The Morgan fingerprint density at radius 3 is 2.43 bits per heavy atom. The van der Waals surface area contributed by atoms with Crippen molar-refractivity contribution in [3.63, 3.8) is 0 Å². The van der Waals surface area contributed by atoms with Crippen LogP contribution in [0.3, 0.4) is 0 Å². The maximum absolute atomic E-state index is 12.4. The SMILES string of the molecule is COc1ccccc1S(=O)(=O)Nc1ccc(OC(F)F)c(Cl)c1. The number of halogens is 3. The molecule has 0 amide bonds. The third-order valence-electron chi connectivity index (χ3n) is 2.76. The summed E-state index contributed by atoms with van der Waals surface area (Å²) in [6.45, 7) is -3.02. The van der Waals surface area contributed by atoms with Crippen molar-refractivity contribution in [2.75, 3.05) is 11.8 Å². The first kappa shape index (κ1) is 17.3. The molecule has 0 unspecified atom stereocenters. The number of methoxy groups -OCH3 is 1. The molecule has 5 nitrogen and oxygen atoms in total. The molecule has 0 fully saturated rings. The van der Waals surface area contributed by atoms with Gasteiger partial charge in [0.1, 0.15) is 16.4 Å². The first-order valence-corrected chi connectivity index (χ1v) is 8.10. The maximum Gasteiger partial charge on any atom is 0.387 e. The summed E-state index contributed by atoms with van der Waals surface area (Å²) in [6.07, 6.45) is 0. The second-order valence-corrected chi connectivity index (χ2v) is 6.34. The average molecular weight is 364 g/mol. The summed E-state index contributed by atoms with van der Waals surface area (Å²) in [7, 11) is -2.58. The quantitative estimate of drug-likeness (QED) is 0.849. The highest BCUT2D eigenvalue weighted by Crippen LogP contribution is 2.31. The Hall–Kier alpha value is -2.06. The minimum Gasteiger partial charge on any atom is -0.495 e. The smallest absolute Gasteiger partial charge is 0.387 e. The molecule has 0 heterocycles. The van der Waals surface area contributed by atoms with Crippen LogP contribution in [-0.2, 0) is 10.0 Å². The van der Waals surface area contributed by atoms with Crippen LogP contribution in [0.2, 0.25) is 5.02 Å². The average Bonchev–Trinajstić information content (AvgIpc) is 2.49. The molecule has 0 bridgehead atoms. The minimum atomic E-state index is -3.93. The molecule has 9 heteroatoms. The first-order chi connectivity index (χ1) is 10.8. The van der Waals surface area contributed by atoms with Crippen molar-refractivity contribution < 1.29 is 26.7 Å². The molecule has 1 N–H and O–H groups in total. The van der Waals surface area contributed by atoms with Crippen molar-refractivity contribution in [3.05, 3.63) is 47.5 Å². The van der Waals surface area contributed by atoms with Crippen molar-refractivity contribution >= 4 is 27.3 Å². The summed E-state index contributed by atoms with van der Waals surface area (Å²) in [5, 5.41) is -0.148. The minimum absolute atomic E-state index is 0.0634. The molecule has 0 spiro atoms. The summed E-state index contributed by atoms with van der Waals surface area (Å²) in [5.41, 5.74) is 0.0996. The summed E-state index contributed by atoms with van der Waals surface area (Å²) in [6, 6.07) is 9.63. The van der Waals surface area contributed by atoms with Crippen LogP contribution in [-0.4, -0.2) is 22.1 Å². The molecule has 0 aliphatic rings. The Balaban J connectivity index is 2.29. The molecule has 23 heavy (non-hydrogen) atoms. The highest BCUT2D eigenvalue weighted by molar-refractivity contribution is 7.92. The Bertz CT molecular complexity index is 799. The molecular weight excluding hydrogens is 352 g/mol. The number of nitrogens with one attached hydrogen (secondary N) is 1. The van der Waals surface area contributed by atoms with Crippen molar-refractivity contribution in [2.45, 2.75) is 11.5 Å². The molecule has 0 aliphatic carbocycles. The van der Waals surface area contributed by atoms with Crippen LogP contribution >= 0.6 is 11.6 Å². The van der Waals surface area contributed by atoms with Crippen molar-refractivity contribution in [1.29, 1.82) is 0 Å². The molecule has 0 saturated carbocycles. The monoisotopic (exact) mass is 363 g/mol. The largest absolute Gasteiger partial charge is 0.495 e. The van der Waals surface area contributed by atoms with Crippen LogP contribution in [0.25, 0.3) is 0 Å². The van der Waals surface area contributed by atoms with E-state index < -0.39 is 16.6 Å². The fraction of sp³-hybridized carbons (Fsp3) is 0.143. The lowest BCUT2D eigenvalue weighted by atomic mass is 10.3. The van der Waals surface area contributed by atoms with Gasteiger partial charge in [0.2, 0.25) is 0 Å². The second kappa shape index (κ2) is 7.01. The molecule has 0 aliphatic heterocycles. The van der Waals surface area contributed by atoms with E-state index in [1.807, 2.05) is 0 Å². The molecule has 0 atom stereocenters. The number of hydrogen-bond acceptors (Lipinski definition) is 4. The van der Waals surface area contributed by atoms with Gasteiger partial charge in [0.15, 0.2) is 0 Å². The molecule has 0 saturated heterocycles. The van der Waals surface area contributed by atoms with E-state index in [1.165, 1.54) is 31.4 Å².